The van der Waals surface area contributed by atoms with Gasteiger partial charge in [0.2, 0.25) is 5.91 Å². The Hall–Kier alpha value is -3.37. The lowest BCUT2D eigenvalue weighted by atomic mass is 10.0. The zero-order valence-corrected chi connectivity index (χ0v) is 16.1. The number of rotatable bonds is 4. The molecule has 0 bridgehead atoms. The minimum Gasteiger partial charge on any atom is -0.330 e. The van der Waals surface area contributed by atoms with Crippen LogP contribution in [0.2, 0.25) is 0 Å². The highest BCUT2D eigenvalue weighted by Crippen LogP contribution is 2.30. The molecule has 29 heavy (non-hydrogen) atoms. The normalized spacial score (nSPS) is 18.3. The van der Waals surface area contributed by atoms with Crippen LogP contribution in [0.1, 0.15) is 46.3 Å². The Morgan fingerprint density at radius 2 is 2.17 bits per heavy atom. The molecule has 0 saturated carbocycles. The summed E-state index contributed by atoms with van der Waals surface area (Å²) in [6, 6.07) is 5.07. The maximum Gasteiger partial charge on any atom is 0.255 e. The van der Waals surface area contributed by atoms with Gasteiger partial charge in [0.05, 0.1) is 11.8 Å². The Morgan fingerprint density at radius 1 is 1.31 bits per heavy atom. The number of carbonyl (C=O) groups is 2. The molecule has 2 aromatic rings. The van der Waals surface area contributed by atoms with E-state index in [1.807, 2.05) is 23.0 Å². The van der Waals surface area contributed by atoms with Crippen LogP contribution in [0.5, 0.6) is 0 Å². The molecular weight excluding hydrogens is 366 g/mol. The third-order valence-electron chi connectivity index (χ3n) is 5.26. The molecule has 1 aromatic heterocycles. The van der Waals surface area contributed by atoms with Crippen molar-refractivity contribution in [1.29, 1.82) is 0 Å². The first kappa shape index (κ1) is 19.0. The number of amides is 2. The van der Waals surface area contributed by atoms with Gasteiger partial charge in [0, 0.05) is 36.1 Å². The van der Waals surface area contributed by atoms with Gasteiger partial charge in [0.1, 0.15) is 6.04 Å². The fourth-order valence-corrected chi connectivity index (χ4v) is 3.73. The number of carbonyl (C=O) groups excluding carboxylic acids is 2. The Kier molecular flexibility index (Phi) is 5.19. The zero-order valence-electron chi connectivity index (χ0n) is 16.1. The van der Waals surface area contributed by atoms with Crippen LogP contribution in [0.25, 0.3) is 0 Å². The Bertz CT molecular complexity index is 1040. The first-order valence-electron chi connectivity index (χ1n) is 9.73. The van der Waals surface area contributed by atoms with Crippen LogP contribution in [-0.4, -0.2) is 39.1 Å². The number of nitrogens with two attached hydrogens (primary N) is 1. The second-order valence-corrected chi connectivity index (χ2v) is 7.30. The first-order chi connectivity index (χ1) is 14.1. The quantitative estimate of drug-likeness (QED) is 0.773. The van der Waals surface area contributed by atoms with Crippen molar-refractivity contribution in [2.75, 3.05) is 6.54 Å². The Morgan fingerprint density at radius 3 is 2.97 bits per heavy atom. The van der Waals surface area contributed by atoms with Gasteiger partial charge in [-0.25, -0.2) is 0 Å². The van der Waals surface area contributed by atoms with Gasteiger partial charge in [-0.3, -0.25) is 14.3 Å². The summed E-state index contributed by atoms with van der Waals surface area (Å²) in [7, 11) is 0. The van der Waals surface area contributed by atoms with E-state index in [1.165, 1.54) is 0 Å². The van der Waals surface area contributed by atoms with Crippen molar-refractivity contribution in [1.82, 2.24) is 20.0 Å². The molecule has 7 nitrogen and oxygen atoms in total. The number of fused-ring (bicyclic) bond motifs is 1. The topological polar surface area (TPSA) is 93.2 Å². The lowest BCUT2D eigenvalue weighted by molar-refractivity contribution is -0.126. The molecule has 0 radical (unpaired) electrons. The predicted octanol–water partition coefficient (Wildman–Crippen LogP) is 1.38. The van der Waals surface area contributed by atoms with Gasteiger partial charge in [-0.1, -0.05) is 24.5 Å². The Balaban J connectivity index is 1.55. The number of hydrogen-bond acceptors (Lipinski definition) is 4. The van der Waals surface area contributed by atoms with Crippen molar-refractivity contribution >= 4 is 11.8 Å². The van der Waals surface area contributed by atoms with Crippen molar-refractivity contribution < 1.29 is 9.59 Å². The Labute approximate surface area is 169 Å². The average Bonchev–Trinajstić information content (AvgIpc) is 3.30. The molecule has 1 atom stereocenters. The highest BCUT2D eigenvalue weighted by Gasteiger charge is 2.38. The molecule has 0 aliphatic carbocycles. The number of nitrogens with zero attached hydrogens (tertiary/aromatic N) is 3. The number of hydrogen-bond donors (Lipinski definition) is 2. The van der Waals surface area contributed by atoms with E-state index in [0.717, 1.165) is 29.7 Å². The highest BCUT2D eigenvalue weighted by molar-refractivity contribution is 6.02. The lowest BCUT2D eigenvalue weighted by Crippen LogP contribution is -2.49. The molecule has 1 saturated heterocycles. The maximum atomic E-state index is 12.9. The third-order valence-corrected chi connectivity index (χ3v) is 5.26. The predicted molar refractivity (Wildman–Crippen MR) is 108 cm³/mol. The van der Waals surface area contributed by atoms with Gasteiger partial charge < -0.3 is 16.0 Å². The zero-order chi connectivity index (χ0) is 20.4. The molecule has 3 N–H and O–H groups in total. The maximum absolute atomic E-state index is 12.9. The van der Waals surface area contributed by atoms with Crippen molar-refractivity contribution in [2.24, 2.45) is 5.73 Å². The summed E-state index contributed by atoms with van der Waals surface area (Å²) in [6.45, 7) is 5.57. The van der Waals surface area contributed by atoms with Crippen LogP contribution in [0, 0.1) is 11.8 Å². The summed E-state index contributed by atoms with van der Waals surface area (Å²) in [5.74, 6) is 6.01. The SMILES string of the molecule is C=C1CCC(N2Cc3c(C#Cc4cnn(CCCN)c4)cccc3C2=O)C(=O)N1. The van der Waals surface area contributed by atoms with E-state index in [1.54, 1.807) is 17.2 Å². The summed E-state index contributed by atoms with van der Waals surface area (Å²) in [4.78, 5) is 26.9. The third kappa shape index (κ3) is 3.80. The largest absolute Gasteiger partial charge is 0.330 e. The second kappa shape index (κ2) is 7.94. The molecule has 148 valence electrons. The molecule has 4 rings (SSSR count). The smallest absolute Gasteiger partial charge is 0.255 e. The van der Waals surface area contributed by atoms with Gasteiger partial charge >= 0.3 is 0 Å². The molecule has 7 heteroatoms. The number of piperidine rings is 1. The van der Waals surface area contributed by atoms with Crippen LogP contribution in [0.3, 0.4) is 0 Å². The van der Waals surface area contributed by atoms with Gasteiger partial charge in [-0.15, -0.1) is 0 Å². The van der Waals surface area contributed by atoms with E-state index >= 15 is 0 Å². The summed E-state index contributed by atoms with van der Waals surface area (Å²) < 4.78 is 1.83. The van der Waals surface area contributed by atoms with Crippen LogP contribution in [-0.2, 0) is 17.9 Å². The summed E-state index contributed by atoms with van der Waals surface area (Å²) >= 11 is 0. The number of benzene rings is 1. The molecule has 0 spiro atoms. The standard InChI is InChI=1S/C22H23N5O2/c1-15-6-9-20(21(28)25-15)27-14-19-17(4-2-5-18(19)22(27)29)8-7-16-12-24-26(13-16)11-3-10-23/h2,4-5,12-13,20H,1,3,6,9-11,14,23H2,(H,25,28). The van der Waals surface area contributed by atoms with Crippen LogP contribution >= 0.6 is 0 Å². The van der Waals surface area contributed by atoms with Crippen molar-refractivity contribution in [3.8, 4) is 11.8 Å². The fraction of sp³-hybridized carbons (Fsp3) is 0.318. The minimum absolute atomic E-state index is 0.120. The van der Waals surface area contributed by atoms with E-state index in [-0.39, 0.29) is 11.8 Å². The average molecular weight is 389 g/mol. The van der Waals surface area contributed by atoms with E-state index in [4.69, 9.17) is 5.73 Å². The van der Waals surface area contributed by atoms with Crippen molar-refractivity contribution in [3.05, 3.63) is 65.1 Å². The van der Waals surface area contributed by atoms with E-state index in [0.29, 0.717) is 37.2 Å². The molecule has 2 aliphatic heterocycles. The second-order valence-electron chi connectivity index (χ2n) is 7.30. The summed E-state index contributed by atoms with van der Waals surface area (Å²) in [6.07, 6.45) is 5.75. The van der Waals surface area contributed by atoms with Gasteiger partial charge in [0.25, 0.3) is 5.91 Å². The molecule has 1 aromatic carbocycles. The van der Waals surface area contributed by atoms with Crippen LogP contribution < -0.4 is 11.1 Å². The lowest BCUT2D eigenvalue weighted by Gasteiger charge is -2.30. The molecule has 2 aliphatic rings. The van der Waals surface area contributed by atoms with Crippen molar-refractivity contribution in [2.45, 2.75) is 38.4 Å². The van der Waals surface area contributed by atoms with E-state index in [2.05, 4.69) is 28.8 Å². The van der Waals surface area contributed by atoms with Crippen LogP contribution in [0.4, 0.5) is 0 Å². The number of nitrogens with one attached hydrogen (secondary N) is 1. The first-order valence-corrected chi connectivity index (χ1v) is 9.73. The minimum atomic E-state index is -0.470. The monoisotopic (exact) mass is 389 g/mol. The number of aromatic nitrogens is 2. The van der Waals surface area contributed by atoms with Gasteiger partial charge in [-0.2, -0.15) is 5.10 Å². The number of allylic oxidation sites excluding steroid dienone is 1. The van der Waals surface area contributed by atoms with E-state index < -0.39 is 6.04 Å². The molecule has 1 unspecified atom stereocenters. The van der Waals surface area contributed by atoms with E-state index in [9.17, 15) is 9.59 Å². The fourth-order valence-electron chi connectivity index (χ4n) is 3.73. The number of aryl methyl sites for hydroxylation is 1. The van der Waals surface area contributed by atoms with Crippen LogP contribution in [0.15, 0.2) is 42.9 Å². The molecule has 2 amide bonds. The summed E-state index contributed by atoms with van der Waals surface area (Å²) in [5, 5.41) is 7.04. The molecule has 1 fully saturated rings. The van der Waals surface area contributed by atoms with Gasteiger partial charge in [-0.05, 0) is 43.5 Å². The van der Waals surface area contributed by atoms with Crippen molar-refractivity contribution in [3.63, 3.8) is 0 Å². The highest BCUT2D eigenvalue weighted by atomic mass is 16.2. The van der Waals surface area contributed by atoms with Gasteiger partial charge in [0.15, 0.2) is 0 Å². The molecular formula is C22H23N5O2. The summed E-state index contributed by atoms with van der Waals surface area (Å²) in [5.41, 5.74) is 9.34. The molecule has 3 heterocycles.